The molecule has 1 aliphatic rings. The normalized spacial score (nSPS) is 13.7. The van der Waals surface area contributed by atoms with E-state index in [1.165, 1.54) is 12.1 Å². The van der Waals surface area contributed by atoms with Crippen LogP contribution in [0, 0.1) is 0 Å². The number of phenols is 2. The van der Waals surface area contributed by atoms with Gasteiger partial charge in [0, 0.05) is 36.8 Å². The molecule has 18 heteroatoms. The SMILES string of the molecule is CCCOc1c2cccc1Cc1cc(C(O)(P(=O)(O)O)P(=O)(O)O)cc(c1O)Cc1cccc(c1OCCC)Cc1cc(C(=O)P(=O)(O)O)cc(c1O)C2. The number of aliphatic hydroxyl groups is 1. The number of hydrogen-bond acceptors (Lipinski definition) is 9. The smallest absolute Gasteiger partial charge is 0.396 e. The summed E-state index contributed by atoms with van der Waals surface area (Å²) in [5.41, 5.74) is -0.913. The van der Waals surface area contributed by atoms with Gasteiger partial charge < -0.3 is 54.2 Å². The minimum Gasteiger partial charge on any atom is -0.507 e. The third-order valence-electron chi connectivity index (χ3n) is 9.03. The van der Waals surface area contributed by atoms with Crippen LogP contribution < -0.4 is 9.47 Å². The van der Waals surface area contributed by atoms with Crippen LogP contribution in [0.5, 0.6) is 23.0 Å². The lowest BCUT2D eigenvalue weighted by atomic mass is 9.90. The molecule has 0 radical (unpaired) electrons. The van der Waals surface area contributed by atoms with E-state index in [1.54, 1.807) is 36.4 Å². The van der Waals surface area contributed by atoms with Crippen molar-refractivity contribution >= 4 is 28.3 Å². The second-order valence-electron chi connectivity index (χ2n) is 13.1. The molecule has 0 unspecified atom stereocenters. The van der Waals surface area contributed by atoms with E-state index in [-0.39, 0.29) is 84.0 Å². The molecule has 0 spiro atoms. The number of rotatable bonds is 11. The lowest BCUT2D eigenvalue weighted by molar-refractivity contribution is 0.104. The molecular formula is C36H41O15P3. The maximum absolute atomic E-state index is 13.0. The molecule has 0 aromatic heterocycles. The largest absolute Gasteiger partial charge is 0.507 e. The van der Waals surface area contributed by atoms with Crippen molar-refractivity contribution in [1.82, 2.24) is 0 Å². The van der Waals surface area contributed by atoms with Crippen LogP contribution >= 0.6 is 22.8 Å². The van der Waals surface area contributed by atoms with E-state index in [9.17, 15) is 63.2 Å². The van der Waals surface area contributed by atoms with Gasteiger partial charge in [0.25, 0.3) is 10.6 Å². The molecule has 1 aliphatic carbocycles. The van der Waals surface area contributed by atoms with Crippen LogP contribution in [0.3, 0.4) is 0 Å². The highest BCUT2D eigenvalue weighted by atomic mass is 31.2. The minimum atomic E-state index is -6.01. The number of hydrogen-bond donors (Lipinski definition) is 9. The lowest BCUT2D eigenvalue weighted by Crippen LogP contribution is -2.26. The van der Waals surface area contributed by atoms with Crippen LogP contribution in [-0.2, 0) is 44.5 Å². The molecule has 0 fully saturated rings. The molecule has 8 bridgehead atoms. The highest BCUT2D eigenvalue weighted by Crippen LogP contribution is 2.73. The molecule has 0 saturated heterocycles. The molecule has 4 aromatic rings. The van der Waals surface area contributed by atoms with Crippen molar-refractivity contribution < 1.29 is 72.6 Å². The fourth-order valence-corrected chi connectivity index (χ4v) is 9.24. The molecule has 0 amide bonds. The quantitative estimate of drug-likeness (QED) is 0.0784. The summed E-state index contributed by atoms with van der Waals surface area (Å²) in [5.74, 6) is -0.159. The second kappa shape index (κ2) is 15.7. The van der Waals surface area contributed by atoms with Gasteiger partial charge in [-0.15, -0.1) is 0 Å². The van der Waals surface area contributed by atoms with Crippen LogP contribution in [0.4, 0.5) is 0 Å². The van der Waals surface area contributed by atoms with Gasteiger partial charge in [-0.05, 0) is 81.6 Å². The number of ether oxygens (including phenoxy) is 2. The van der Waals surface area contributed by atoms with Crippen LogP contribution in [-0.4, -0.2) is 63.4 Å². The van der Waals surface area contributed by atoms with E-state index in [1.807, 2.05) is 13.8 Å². The summed E-state index contributed by atoms with van der Waals surface area (Å²) < 4.78 is 49.8. The van der Waals surface area contributed by atoms with Gasteiger partial charge in [-0.25, -0.2) is 0 Å². The Morgan fingerprint density at radius 2 is 0.944 bits per heavy atom. The number of phenolic OH excluding ortho intramolecular Hbond substituents is 2. The fraction of sp³-hybridized carbons (Fsp3) is 0.306. The monoisotopic (exact) mass is 806 g/mol. The first-order chi connectivity index (χ1) is 25.2. The standard InChI is InChI=1S/C36H41O15P3/c1-3-11-50-33-21-7-5-9-23(33)15-27-19-30(36(40,53(44,45)46)54(47,48)49)20-28(32(27)38)16-24-10-6-8-22(34(24)51-12-4-2)14-26-18-29(35(39)52(41,42)43)17-25(13-21)31(26)37/h5-10,17-20,37-38,40H,3-4,11-16H2,1-2H3,(H2,41,42,43)(H2,44,45,46)(H2,47,48,49). The topological polar surface area (TPSA) is 269 Å². The molecule has 290 valence electrons. The van der Waals surface area contributed by atoms with Gasteiger partial charge in [-0.1, -0.05) is 50.2 Å². The van der Waals surface area contributed by atoms with Crippen molar-refractivity contribution in [3.05, 3.63) is 116 Å². The Hall–Kier alpha value is -3.84. The Morgan fingerprint density at radius 3 is 1.24 bits per heavy atom. The summed E-state index contributed by atoms with van der Waals surface area (Å²) in [4.78, 5) is 73.3. The zero-order valence-corrected chi connectivity index (χ0v) is 31.9. The summed E-state index contributed by atoms with van der Waals surface area (Å²) in [6.07, 6.45) is 0.313. The number of carbonyl (C=O) groups excluding carboxylic acids is 1. The Labute approximate surface area is 310 Å². The molecule has 0 atom stereocenters. The van der Waals surface area contributed by atoms with Crippen molar-refractivity contribution in [1.29, 1.82) is 0 Å². The molecule has 5 rings (SSSR count). The average Bonchev–Trinajstić information content (AvgIpc) is 3.08. The van der Waals surface area contributed by atoms with Crippen molar-refractivity contribution in [2.45, 2.75) is 57.5 Å². The zero-order valence-electron chi connectivity index (χ0n) is 29.2. The summed E-state index contributed by atoms with van der Waals surface area (Å²) in [6, 6.07) is 14.0. The molecule has 9 N–H and O–H groups in total. The minimum absolute atomic E-state index is 0.0834. The molecule has 54 heavy (non-hydrogen) atoms. The molecule has 0 saturated carbocycles. The molecular weight excluding hydrogens is 765 g/mol. The van der Waals surface area contributed by atoms with Gasteiger partial charge in [0.2, 0.25) is 0 Å². The predicted octanol–water partition coefficient (Wildman–Crippen LogP) is 5.13. The Morgan fingerprint density at radius 1 is 0.611 bits per heavy atom. The number of carbonyl (C=O) groups is 1. The van der Waals surface area contributed by atoms with Crippen LogP contribution in [0.15, 0.2) is 60.7 Å². The average molecular weight is 807 g/mol. The summed E-state index contributed by atoms with van der Waals surface area (Å²) in [7, 11) is -17.3. The van der Waals surface area contributed by atoms with Gasteiger partial charge in [-0.2, -0.15) is 0 Å². The lowest BCUT2D eigenvalue weighted by Gasteiger charge is -2.31. The van der Waals surface area contributed by atoms with Crippen molar-refractivity contribution in [2.75, 3.05) is 13.2 Å². The maximum Gasteiger partial charge on any atom is 0.396 e. The van der Waals surface area contributed by atoms with Gasteiger partial charge in [0.15, 0.2) is 0 Å². The maximum atomic E-state index is 13.0. The molecule has 0 heterocycles. The number of fused-ring (bicyclic) bond motifs is 8. The van der Waals surface area contributed by atoms with Crippen LogP contribution in [0.25, 0.3) is 0 Å². The van der Waals surface area contributed by atoms with Gasteiger partial charge in [-0.3, -0.25) is 18.5 Å². The third kappa shape index (κ3) is 8.22. The van der Waals surface area contributed by atoms with E-state index < -0.39 is 44.7 Å². The van der Waals surface area contributed by atoms with E-state index >= 15 is 0 Å². The van der Waals surface area contributed by atoms with Crippen molar-refractivity contribution in [3.8, 4) is 23.0 Å². The van der Waals surface area contributed by atoms with Gasteiger partial charge in [0.05, 0.1) is 13.2 Å². The van der Waals surface area contributed by atoms with Crippen molar-refractivity contribution in [2.24, 2.45) is 0 Å². The van der Waals surface area contributed by atoms with E-state index in [0.29, 0.717) is 35.1 Å². The molecule has 0 aliphatic heterocycles. The molecule has 4 aromatic carbocycles. The first-order valence-electron chi connectivity index (χ1n) is 16.8. The highest BCUT2D eigenvalue weighted by molar-refractivity contribution is 7.71. The van der Waals surface area contributed by atoms with Gasteiger partial charge >= 0.3 is 22.8 Å². The van der Waals surface area contributed by atoms with Gasteiger partial charge in [0.1, 0.15) is 23.0 Å². The van der Waals surface area contributed by atoms with E-state index in [2.05, 4.69) is 0 Å². The Balaban J connectivity index is 1.88. The second-order valence-corrected chi connectivity index (χ2v) is 18.4. The summed E-state index contributed by atoms with van der Waals surface area (Å²) in [5, 5.41) is 30.7. The fourth-order valence-electron chi connectivity index (χ4n) is 6.48. The summed E-state index contributed by atoms with van der Waals surface area (Å²) >= 11 is 0. The first-order valence-corrected chi connectivity index (χ1v) is 21.7. The number of para-hydroxylation sites is 2. The number of benzene rings is 4. The van der Waals surface area contributed by atoms with Crippen LogP contribution in [0.2, 0.25) is 0 Å². The van der Waals surface area contributed by atoms with Crippen molar-refractivity contribution in [3.63, 3.8) is 0 Å². The zero-order chi connectivity index (χ0) is 39.8. The third-order valence-corrected chi connectivity index (χ3v) is 13.5. The Kier molecular flexibility index (Phi) is 12.0. The summed E-state index contributed by atoms with van der Waals surface area (Å²) in [6.45, 7) is 4.05. The highest BCUT2D eigenvalue weighted by Gasteiger charge is 2.61. The first kappa shape index (κ1) is 41.3. The predicted molar refractivity (Wildman–Crippen MR) is 196 cm³/mol. The number of aromatic hydroxyl groups is 2. The van der Waals surface area contributed by atoms with Crippen LogP contribution in [0.1, 0.15) is 87.1 Å². The molecule has 15 nitrogen and oxygen atoms in total. The van der Waals surface area contributed by atoms with E-state index in [4.69, 9.17) is 9.47 Å². The van der Waals surface area contributed by atoms with E-state index in [0.717, 1.165) is 12.1 Å². The Bertz CT molecular complexity index is 2110.